The second-order valence-electron chi connectivity index (χ2n) is 6.88. The molecule has 1 aromatic heterocycles. The standard InChI is InChI=1S/C22H22N4O2S2/c1-15(26-11-3-10-23-26)20(27)24-18-4-2-5-19(14-18)25-21(28)16-6-8-17(9-7-16)22-29-12-13-30-22/h2-11,14-15,22H,12-13H2,1H3,(H,24,27)(H,25,28). The van der Waals surface area contributed by atoms with Crippen LogP contribution in [0.4, 0.5) is 11.4 Å². The average molecular weight is 439 g/mol. The van der Waals surface area contributed by atoms with Crippen LogP contribution in [0.1, 0.15) is 33.5 Å². The van der Waals surface area contributed by atoms with Crippen molar-refractivity contribution in [3.05, 3.63) is 78.1 Å². The largest absolute Gasteiger partial charge is 0.324 e. The second kappa shape index (κ2) is 9.40. The van der Waals surface area contributed by atoms with Gasteiger partial charge in [0.25, 0.3) is 5.91 Å². The minimum Gasteiger partial charge on any atom is -0.324 e. The summed E-state index contributed by atoms with van der Waals surface area (Å²) in [5.74, 6) is 1.98. The minimum absolute atomic E-state index is 0.179. The summed E-state index contributed by atoms with van der Waals surface area (Å²) < 4.78 is 2.05. The number of aromatic nitrogens is 2. The number of benzene rings is 2. The van der Waals surface area contributed by atoms with E-state index in [1.54, 1.807) is 54.3 Å². The highest BCUT2D eigenvalue weighted by atomic mass is 32.2. The topological polar surface area (TPSA) is 76.0 Å². The molecule has 3 aromatic rings. The maximum Gasteiger partial charge on any atom is 0.255 e. The van der Waals surface area contributed by atoms with E-state index in [2.05, 4.69) is 15.7 Å². The number of nitrogens with one attached hydrogen (secondary N) is 2. The first kappa shape index (κ1) is 20.6. The Morgan fingerprint density at radius 1 is 1.03 bits per heavy atom. The fourth-order valence-electron chi connectivity index (χ4n) is 3.10. The quantitative estimate of drug-likeness (QED) is 0.577. The molecule has 2 amide bonds. The zero-order valence-electron chi connectivity index (χ0n) is 16.4. The Kier molecular flexibility index (Phi) is 6.44. The molecule has 8 heteroatoms. The van der Waals surface area contributed by atoms with Crippen molar-refractivity contribution in [2.75, 3.05) is 22.1 Å². The SMILES string of the molecule is CC(C(=O)Nc1cccc(NC(=O)c2ccc(C3SCCS3)cc2)c1)n1cccn1. The molecule has 1 unspecified atom stereocenters. The zero-order valence-corrected chi connectivity index (χ0v) is 18.1. The average Bonchev–Trinajstić information content (AvgIpc) is 3.48. The third-order valence-electron chi connectivity index (χ3n) is 4.76. The van der Waals surface area contributed by atoms with E-state index in [0.717, 1.165) is 0 Å². The monoisotopic (exact) mass is 438 g/mol. The van der Waals surface area contributed by atoms with Crippen LogP contribution in [0.15, 0.2) is 67.0 Å². The number of nitrogens with zero attached hydrogens (tertiary/aromatic N) is 2. The van der Waals surface area contributed by atoms with Gasteiger partial charge in [-0.2, -0.15) is 5.10 Å². The lowest BCUT2D eigenvalue weighted by molar-refractivity contribution is -0.119. The van der Waals surface area contributed by atoms with Crippen LogP contribution in [0, 0.1) is 0 Å². The summed E-state index contributed by atoms with van der Waals surface area (Å²) in [4.78, 5) is 25.1. The van der Waals surface area contributed by atoms with E-state index in [4.69, 9.17) is 0 Å². The number of carbonyl (C=O) groups excluding carboxylic acids is 2. The minimum atomic E-state index is -0.437. The lowest BCUT2D eigenvalue weighted by atomic mass is 10.1. The Hall–Kier alpha value is -2.71. The molecule has 1 aliphatic rings. The lowest BCUT2D eigenvalue weighted by Crippen LogP contribution is -2.24. The van der Waals surface area contributed by atoms with Gasteiger partial charge in [-0.05, 0) is 48.9 Å². The van der Waals surface area contributed by atoms with Gasteiger partial charge in [-0.25, -0.2) is 0 Å². The van der Waals surface area contributed by atoms with Gasteiger partial charge in [0.15, 0.2) is 0 Å². The molecule has 4 rings (SSSR count). The normalized spacial score (nSPS) is 15.0. The Morgan fingerprint density at radius 2 is 1.73 bits per heavy atom. The Labute approximate surface area is 183 Å². The van der Waals surface area contributed by atoms with Crippen molar-refractivity contribution in [1.29, 1.82) is 0 Å². The molecule has 1 fully saturated rings. The van der Waals surface area contributed by atoms with Crippen LogP contribution in [0.5, 0.6) is 0 Å². The van der Waals surface area contributed by atoms with E-state index in [1.807, 2.05) is 47.8 Å². The molecule has 1 atom stereocenters. The lowest BCUT2D eigenvalue weighted by Gasteiger charge is -2.14. The van der Waals surface area contributed by atoms with Crippen molar-refractivity contribution >= 4 is 46.7 Å². The van der Waals surface area contributed by atoms with E-state index in [0.29, 0.717) is 21.5 Å². The number of hydrogen-bond acceptors (Lipinski definition) is 5. The highest BCUT2D eigenvalue weighted by molar-refractivity contribution is 8.19. The molecule has 0 bridgehead atoms. The molecule has 1 saturated heterocycles. The summed E-state index contributed by atoms with van der Waals surface area (Å²) in [6.45, 7) is 1.78. The number of carbonyl (C=O) groups is 2. The molecule has 154 valence electrons. The molecule has 2 N–H and O–H groups in total. The van der Waals surface area contributed by atoms with Crippen LogP contribution in [0.3, 0.4) is 0 Å². The molecule has 30 heavy (non-hydrogen) atoms. The van der Waals surface area contributed by atoms with Gasteiger partial charge in [0.05, 0.1) is 4.58 Å². The van der Waals surface area contributed by atoms with Crippen LogP contribution < -0.4 is 10.6 Å². The van der Waals surface area contributed by atoms with Crippen molar-refractivity contribution in [3.63, 3.8) is 0 Å². The maximum absolute atomic E-state index is 12.6. The van der Waals surface area contributed by atoms with Crippen LogP contribution in [-0.2, 0) is 4.79 Å². The summed E-state index contributed by atoms with van der Waals surface area (Å²) in [7, 11) is 0. The molecule has 0 aliphatic carbocycles. The van der Waals surface area contributed by atoms with Gasteiger partial charge >= 0.3 is 0 Å². The van der Waals surface area contributed by atoms with E-state index >= 15 is 0 Å². The first-order valence-corrected chi connectivity index (χ1v) is 11.7. The fourth-order valence-corrected chi connectivity index (χ4v) is 5.96. The van der Waals surface area contributed by atoms with Crippen molar-refractivity contribution in [3.8, 4) is 0 Å². The highest BCUT2D eigenvalue weighted by Crippen LogP contribution is 2.45. The van der Waals surface area contributed by atoms with Crippen molar-refractivity contribution < 1.29 is 9.59 Å². The molecule has 0 spiro atoms. The number of amides is 2. The van der Waals surface area contributed by atoms with Gasteiger partial charge in [0, 0.05) is 40.8 Å². The molecular weight excluding hydrogens is 416 g/mol. The van der Waals surface area contributed by atoms with Crippen molar-refractivity contribution in [2.24, 2.45) is 0 Å². The predicted molar refractivity (Wildman–Crippen MR) is 124 cm³/mol. The van der Waals surface area contributed by atoms with Crippen molar-refractivity contribution in [2.45, 2.75) is 17.5 Å². The molecule has 2 heterocycles. The van der Waals surface area contributed by atoms with Gasteiger partial charge in [0.1, 0.15) is 6.04 Å². The Bertz CT molecular complexity index is 1020. The third kappa shape index (κ3) is 4.88. The zero-order chi connectivity index (χ0) is 20.9. The summed E-state index contributed by atoms with van der Waals surface area (Å²) in [5, 5.41) is 9.86. The summed E-state index contributed by atoms with van der Waals surface area (Å²) in [6, 6.07) is 16.2. The van der Waals surface area contributed by atoms with Crippen LogP contribution >= 0.6 is 23.5 Å². The van der Waals surface area contributed by atoms with Gasteiger partial charge in [-0.3, -0.25) is 14.3 Å². The van der Waals surface area contributed by atoms with Crippen molar-refractivity contribution in [1.82, 2.24) is 9.78 Å². The molecular formula is C22H22N4O2S2. The molecule has 6 nitrogen and oxygen atoms in total. The summed E-state index contributed by atoms with van der Waals surface area (Å²) >= 11 is 3.88. The summed E-state index contributed by atoms with van der Waals surface area (Å²) in [6.07, 6.45) is 3.38. The Balaban J connectivity index is 1.38. The molecule has 2 aromatic carbocycles. The number of anilines is 2. The van der Waals surface area contributed by atoms with E-state index < -0.39 is 6.04 Å². The van der Waals surface area contributed by atoms with Gasteiger partial charge < -0.3 is 10.6 Å². The maximum atomic E-state index is 12.6. The Morgan fingerprint density at radius 3 is 2.40 bits per heavy atom. The molecule has 1 aliphatic heterocycles. The van der Waals surface area contributed by atoms with E-state index in [1.165, 1.54) is 17.1 Å². The van der Waals surface area contributed by atoms with E-state index in [9.17, 15) is 9.59 Å². The van der Waals surface area contributed by atoms with Gasteiger partial charge in [0.2, 0.25) is 5.91 Å². The smallest absolute Gasteiger partial charge is 0.255 e. The number of thioether (sulfide) groups is 2. The fraction of sp³-hybridized carbons (Fsp3) is 0.227. The summed E-state index contributed by atoms with van der Waals surface area (Å²) in [5.41, 5.74) is 3.08. The van der Waals surface area contributed by atoms with Crippen LogP contribution in [0.2, 0.25) is 0 Å². The second-order valence-corrected chi connectivity index (χ2v) is 9.61. The van der Waals surface area contributed by atoms with E-state index in [-0.39, 0.29) is 11.8 Å². The third-order valence-corrected chi connectivity index (χ3v) is 7.86. The number of rotatable bonds is 6. The first-order chi connectivity index (χ1) is 14.6. The predicted octanol–water partition coefficient (Wildman–Crippen LogP) is 4.81. The molecule has 0 saturated carbocycles. The van der Waals surface area contributed by atoms with Crippen LogP contribution in [0.25, 0.3) is 0 Å². The first-order valence-electron chi connectivity index (χ1n) is 9.65. The highest BCUT2D eigenvalue weighted by Gasteiger charge is 2.19. The van der Waals surface area contributed by atoms with Crippen LogP contribution in [-0.4, -0.2) is 33.1 Å². The number of hydrogen-bond donors (Lipinski definition) is 2. The molecule has 0 radical (unpaired) electrons. The van der Waals surface area contributed by atoms with Gasteiger partial charge in [-0.15, -0.1) is 23.5 Å². The van der Waals surface area contributed by atoms with Gasteiger partial charge in [-0.1, -0.05) is 18.2 Å².